The molecule has 1 rings (SSSR count). The lowest BCUT2D eigenvalue weighted by molar-refractivity contribution is 0.590. The van der Waals surface area contributed by atoms with Crippen LogP contribution in [0.15, 0.2) is 10.8 Å². The Bertz CT molecular complexity index is 220. The molecule has 0 spiro atoms. The van der Waals surface area contributed by atoms with Crippen LogP contribution in [-0.4, -0.2) is 6.04 Å². The van der Waals surface area contributed by atoms with Gasteiger partial charge in [0.15, 0.2) is 0 Å². The maximum Gasteiger partial charge on any atom is 0.0557 e. The summed E-state index contributed by atoms with van der Waals surface area (Å²) in [4.78, 5) is 0. The predicted octanol–water partition coefficient (Wildman–Crippen LogP) is 2.90. The third-order valence-electron chi connectivity index (χ3n) is 1.39. The van der Waals surface area contributed by atoms with Gasteiger partial charge in [0, 0.05) is 18.0 Å². The molecule has 62 valence electrons. The molecular formula is C8H12ClNS. The van der Waals surface area contributed by atoms with E-state index in [0.717, 1.165) is 11.6 Å². The molecule has 0 aliphatic carbocycles. The minimum atomic E-state index is 0.519. The highest BCUT2D eigenvalue weighted by molar-refractivity contribution is 7.08. The maximum absolute atomic E-state index is 5.89. The van der Waals surface area contributed by atoms with E-state index in [1.165, 1.54) is 5.56 Å². The van der Waals surface area contributed by atoms with Gasteiger partial charge in [-0.05, 0) is 10.9 Å². The summed E-state index contributed by atoms with van der Waals surface area (Å²) in [6.45, 7) is 5.13. The summed E-state index contributed by atoms with van der Waals surface area (Å²) in [5.41, 5.74) is 1.20. The summed E-state index contributed by atoms with van der Waals surface area (Å²) in [5, 5.41) is 8.23. The van der Waals surface area contributed by atoms with Crippen LogP contribution in [0.1, 0.15) is 19.4 Å². The molecule has 1 aromatic rings. The predicted molar refractivity (Wildman–Crippen MR) is 51.3 cm³/mol. The second kappa shape index (κ2) is 4.10. The Morgan fingerprint density at radius 2 is 2.27 bits per heavy atom. The highest BCUT2D eigenvalue weighted by Crippen LogP contribution is 2.20. The quantitative estimate of drug-likeness (QED) is 0.771. The molecule has 0 aromatic carbocycles. The summed E-state index contributed by atoms with van der Waals surface area (Å²) < 4.78 is 0. The van der Waals surface area contributed by atoms with E-state index in [-0.39, 0.29) is 0 Å². The molecule has 11 heavy (non-hydrogen) atoms. The Labute approximate surface area is 76.4 Å². The van der Waals surface area contributed by atoms with Crippen molar-refractivity contribution >= 4 is 22.9 Å². The molecule has 0 saturated carbocycles. The first-order valence-corrected chi connectivity index (χ1v) is 4.96. The van der Waals surface area contributed by atoms with Crippen LogP contribution in [-0.2, 0) is 6.54 Å². The fourth-order valence-electron chi connectivity index (χ4n) is 0.748. The topological polar surface area (TPSA) is 12.0 Å². The monoisotopic (exact) mass is 189 g/mol. The standard InChI is InChI=1S/C8H12ClNS/c1-6(2)10-3-7-4-11-5-8(7)9/h4-6,10H,3H2,1-2H3. The molecule has 0 saturated heterocycles. The molecule has 0 fully saturated rings. The third kappa shape index (κ3) is 2.81. The molecular weight excluding hydrogens is 178 g/mol. The molecule has 0 bridgehead atoms. The molecule has 0 unspecified atom stereocenters. The van der Waals surface area contributed by atoms with Gasteiger partial charge < -0.3 is 5.32 Å². The lowest BCUT2D eigenvalue weighted by Gasteiger charge is -2.06. The van der Waals surface area contributed by atoms with E-state index in [1.807, 2.05) is 5.38 Å². The van der Waals surface area contributed by atoms with Crippen molar-refractivity contribution in [3.63, 3.8) is 0 Å². The Hall–Kier alpha value is -0.0500. The van der Waals surface area contributed by atoms with Crippen molar-refractivity contribution in [1.29, 1.82) is 0 Å². The molecule has 1 heterocycles. The van der Waals surface area contributed by atoms with Crippen LogP contribution < -0.4 is 5.32 Å². The van der Waals surface area contributed by atoms with Crippen LogP contribution in [0.3, 0.4) is 0 Å². The van der Waals surface area contributed by atoms with Crippen LogP contribution in [0.5, 0.6) is 0 Å². The summed E-state index contributed by atoms with van der Waals surface area (Å²) in [6, 6.07) is 0.519. The minimum absolute atomic E-state index is 0.519. The average molecular weight is 190 g/mol. The largest absolute Gasteiger partial charge is 0.310 e. The first-order chi connectivity index (χ1) is 5.20. The van der Waals surface area contributed by atoms with Crippen LogP contribution in [0.4, 0.5) is 0 Å². The first-order valence-electron chi connectivity index (χ1n) is 3.64. The summed E-state index contributed by atoms with van der Waals surface area (Å²) >= 11 is 7.54. The van der Waals surface area contributed by atoms with E-state index in [0.29, 0.717) is 6.04 Å². The summed E-state index contributed by atoms with van der Waals surface area (Å²) in [5.74, 6) is 0. The SMILES string of the molecule is CC(C)NCc1cscc1Cl. The van der Waals surface area contributed by atoms with Crippen molar-refractivity contribution in [1.82, 2.24) is 5.32 Å². The Kier molecular flexibility index (Phi) is 3.37. The fourth-order valence-corrected chi connectivity index (χ4v) is 1.80. The zero-order valence-corrected chi connectivity index (χ0v) is 8.30. The number of hydrogen-bond acceptors (Lipinski definition) is 2. The van der Waals surface area contributed by atoms with Gasteiger partial charge in [-0.25, -0.2) is 0 Å². The van der Waals surface area contributed by atoms with Gasteiger partial charge in [0.25, 0.3) is 0 Å². The van der Waals surface area contributed by atoms with E-state index in [9.17, 15) is 0 Å². The van der Waals surface area contributed by atoms with Crippen molar-refractivity contribution in [2.45, 2.75) is 26.4 Å². The van der Waals surface area contributed by atoms with Gasteiger partial charge in [-0.1, -0.05) is 25.4 Å². The van der Waals surface area contributed by atoms with Crippen molar-refractivity contribution in [3.8, 4) is 0 Å². The van der Waals surface area contributed by atoms with E-state index in [2.05, 4.69) is 24.5 Å². The van der Waals surface area contributed by atoms with Crippen LogP contribution in [0, 0.1) is 0 Å². The first kappa shape index (κ1) is 9.04. The highest BCUT2D eigenvalue weighted by Gasteiger charge is 2.00. The van der Waals surface area contributed by atoms with Crippen LogP contribution in [0.2, 0.25) is 5.02 Å². The summed E-state index contributed by atoms with van der Waals surface area (Å²) in [6.07, 6.45) is 0. The smallest absolute Gasteiger partial charge is 0.0557 e. The van der Waals surface area contributed by atoms with Crippen LogP contribution in [0.25, 0.3) is 0 Å². The van der Waals surface area contributed by atoms with Crippen LogP contribution >= 0.6 is 22.9 Å². The van der Waals surface area contributed by atoms with Crippen molar-refractivity contribution < 1.29 is 0 Å². The molecule has 3 heteroatoms. The van der Waals surface area contributed by atoms with Gasteiger partial charge in [-0.3, -0.25) is 0 Å². The molecule has 0 aliphatic rings. The molecule has 0 aliphatic heterocycles. The molecule has 1 N–H and O–H groups in total. The van der Waals surface area contributed by atoms with Crippen molar-refractivity contribution in [3.05, 3.63) is 21.3 Å². The summed E-state index contributed by atoms with van der Waals surface area (Å²) in [7, 11) is 0. The van der Waals surface area contributed by atoms with Gasteiger partial charge in [-0.15, -0.1) is 0 Å². The Balaban J connectivity index is 2.44. The normalized spacial score (nSPS) is 10.9. The molecule has 0 amide bonds. The highest BCUT2D eigenvalue weighted by atomic mass is 35.5. The number of hydrogen-bond donors (Lipinski definition) is 1. The molecule has 1 nitrogen and oxygen atoms in total. The number of halogens is 1. The van der Waals surface area contributed by atoms with E-state index < -0.39 is 0 Å². The average Bonchev–Trinajstić information content (AvgIpc) is 2.31. The van der Waals surface area contributed by atoms with Crippen molar-refractivity contribution in [2.75, 3.05) is 0 Å². The lowest BCUT2D eigenvalue weighted by atomic mass is 10.3. The molecule has 1 aromatic heterocycles. The minimum Gasteiger partial charge on any atom is -0.310 e. The lowest BCUT2D eigenvalue weighted by Crippen LogP contribution is -2.21. The van der Waals surface area contributed by atoms with Gasteiger partial charge in [0.2, 0.25) is 0 Å². The van der Waals surface area contributed by atoms with E-state index in [1.54, 1.807) is 11.3 Å². The molecule has 0 radical (unpaired) electrons. The maximum atomic E-state index is 5.89. The second-order valence-electron chi connectivity index (χ2n) is 2.78. The second-order valence-corrected chi connectivity index (χ2v) is 3.93. The number of rotatable bonds is 3. The Morgan fingerprint density at radius 3 is 2.73 bits per heavy atom. The van der Waals surface area contributed by atoms with Gasteiger partial charge >= 0.3 is 0 Å². The Morgan fingerprint density at radius 1 is 1.55 bits per heavy atom. The van der Waals surface area contributed by atoms with Gasteiger partial charge in [0.1, 0.15) is 0 Å². The van der Waals surface area contributed by atoms with E-state index in [4.69, 9.17) is 11.6 Å². The van der Waals surface area contributed by atoms with E-state index >= 15 is 0 Å². The number of nitrogens with one attached hydrogen (secondary N) is 1. The van der Waals surface area contributed by atoms with Gasteiger partial charge in [-0.2, -0.15) is 11.3 Å². The fraction of sp³-hybridized carbons (Fsp3) is 0.500. The zero-order chi connectivity index (χ0) is 8.27. The van der Waals surface area contributed by atoms with Gasteiger partial charge in [0.05, 0.1) is 5.02 Å². The molecule has 0 atom stereocenters. The van der Waals surface area contributed by atoms with Crippen molar-refractivity contribution in [2.24, 2.45) is 0 Å². The zero-order valence-electron chi connectivity index (χ0n) is 6.73. The number of thiophene rings is 1. The third-order valence-corrected chi connectivity index (χ3v) is 2.66.